The van der Waals surface area contributed by atoms with Gasteiger partial charge in [-0.3, -0.25) is 4.40 Å². The summed E-state index contributed by atoms with van der Waals surface area (Å²) in [6.45, 7) is 6.46. The molecule has 2 aromatic heterocycles. The van der Waals surface area contributed by atoms with Crippen molar-refractivity contribution in [3.05, 3.63) is 30.4 Å². The van der Waals surface area contributed by atoms with Gasteiger partial charge >= 0.3 is 6.09 Å². The molecule has 0 saturated carbocycles. The van der Waals surface area contributed by atoms with Crippen molar-refractivity contribution in [3.63, 3.8) is 0 Å². The third-order valence-corrected chi connectivity index (χ3v) is 3.99. The number of ether oxygens (including phenoxy) is 1. The summed E-state index contributed by atoms with van der Waals surface area (Å²) < 4.78 is 7.47. The normalized spacial score (nSPS) is 19.1. The molecule has 0 aliphatic carbocycles. The summed E-state index contributed by atoms with van der Waals surface area (Å²) in [6.07, 6.45) is 9.33. The average Bonchev–Trinajstić information content (AvgIpc) is 2.88. The van der Waals surface area contributed by atoms with Crippen molar-refractivity contribution in [1.29, 1.82) is 0 Å². The van der Waals surface area contributed by atoms with Gasteiger partial charge in [0.15, 0.2) is 0 Å². The van der Waals surface area contributed by atoms with Crippen molar-refractivity contribution < 1.29 is 9.53 Å². The summed E-state index contributed by atoms with van der Waals surface area (Å²) in [5, 5.41) is 0. The van der Waals surface area contributed by atoms with Crippen molar-refractivity contribution in [2.24, 2.45) is 0 Å². The number of fused-ring (bicyclic) bond motifs is 1. The standard InChI is InChI=1S/C17H24N4O2/c1-17(2,3)23-16(22)21-10-5-4-7-14(21)11-13-12-20-9-6-8-18-15(20)19-13/h6,8-9,12,14H,4-5,7,10-11H2,1-3H3/t14-/m0/s1. The predicted octanol–water partition coefficient (Wildman–Crippen LogP) is 3.06. The van der Waals surface area contributed by atoms with E-state index in [2.05, 4.69) is 9.97 Å². The smallest absolute Gasteiger partial charge is 0.410 e. The van der Waals surface area contributed by atoms with Crippen LogP contribution in [0.1, 0.15) is 45.7 Å². The molecule has 0 unspecified atom stereocenters. The van der Waals surface area contributed by atoms with Crippen molar-refractivity contribution in [2.45, 2.75) is 58.1 Å². The molecular formula is C17H24N4O2. The lowest BCUT2D eigenvalue weighted by Gasteiger charge is -2.36. The Morgan fingerprint density at radius 1 is 1.39 bits per heavy atom. The number of carbonyl (C=O) groups excluding carboxylic acids is 1. The first kappa shape index (κ1) is 15.8. The maximum Gasteiger partial charge on any atom is 0.410 e. The number of carbonyl (C=O) groups is 1. The Balaban J connectivity index is 1.74. The maximum absolute atomic E-state index is 12.5. The largest absolute Gasteiger partial charge is 0.444 e. The molecule has 1 atom stereocenters. The van der Waals surface area contributed by atoms with Crippen LogP contribution >= 0.6 is 0 Å². The Labute approximate surface area is 136 Å². The summed E-state index contributed by atoms with van der Waals surface area (Å²) in [5.74, 6) is 0.696. The maximum atomic E-state index is 12.5. The highest BCUT2D eigenvalue weighted by molar-refractivity contribution is 5.68. The van der Waals surface area contributed by atoms with Crippen LogP contribution in [-0.4, -0.2) is 43.5 Å². The first-order valence-electron chi connectivity index (χ1n) is 8.20. The minimum Gasteiger partial charge on any atom is -0.444 e. The molecule has 1 saturated heterocycles. The molecule has 0 bridgehead atoms. The number of likely N-dealkylation sites (tertiary alicyclic amines) is 1. The van der Waals surface area contributed by atoms with E-state index in [1.165, 1.54) is 0 Å². The van der Waals surface area contributed by atoms with Gasteiger partial charge in [-0.15, -0.1) is 0 Å². The highest BCUT2D eigenvalue weighted by atomic mass is 16.6. The Bertz CT molecular complexity index is 656. The lowest BCUT2D eigenvalue weighted by Crippen LogP contribution is -2.47. The average molecular weight is 316 g/mol. The second-order valence-corrected chi connectivity index (χ2v) is 7.09. The highest BCUT2D eigenvalue weighted by Crippen LogP contribution is 2.23. The quantitative estimate of drug-likeness (QED) is 0.854. The molecule has 2 aromatic rings. The molecule has 0 spiro atoms. The monoisotopic (exact) mass is 316 g/mol. The van der Waals surface area contributed by atoms with Gasteiger partial charge in [-0.25, -0.2) is 14.8 Å². The van der Waals surface area contributed by atoms with Gasteiger partial charge in [0.25, 0.3) is 0 Å². The summed E-state index contributed by atoms with van der Waals surface area (Å²) in [5.41, 5.74) is 0.496. The molecule has 1 fully saturated rings. The van der Waals surface area contributed by atoms with Crippen LogP contribution in [0, 0.1) is 0 Å². The fraction of sp³-hybridized carbons (Fsp3) is 0.588. The molecule has 3 heterocycles. The van der Waals surface area contributed by atoms with E-state index in [1.807, 2.05) is 48.5 Å². The first-order valence-corrected chi connectivity index (χ1v) is 8.20. The number of hydrogen-bond donors (Lipinski definition) is 0. The van der Waals surface area contributed by atoms with E-state index in [0.29, 0.717) is 5.78 Å². The van der Waals surface area contributed by atoms with Crippen molar-refractivity contribution in [1.82, 2.24) is 19.3 Å². The molecule has 6 heteroatoms. The Hall–Kier alpha value is -2.11. The van der Waals surface area contributed by atoms with E-state index >= 15 is 0 Å². The fourth-order valence-electron chi connectivity index (χ4n) is 2.99. The Morgan fingerprint density at radius 3 is 2.96 bits per heavy atom. The highest BCUT2D eigenvalue weighted by Gasteiger charge is 2.31. The summed E-state index contributed by atoms with van der Waals surface area (Å²) in [4.78, 5) is 23.1. The van der Waals surface area contributed by atoms with Crippen molar-refractivity contribution in [3.8, 4) is 0 Å². The van der Waals surface area contributed by atoms with E-state index in [0.717, 1.165) is 37.9 Å². The lowest BCUT2D eigenvalue weighted by molar-refractivity contribution is 0.00986. The van der Waals surface area contributed by atoms with E-state index in [-0.39, 0.29) is 12.1 Å². The van der Waals surface area contributed by atoms with Gasteiger partial charge in [0, 0.05) is 37.6 Å². The molecular weight excluding hydrogens is 292 g/mol. The molecule has 124 valence electrons. The molecule has 1 aliphatic heterocycles. The van der Waals surface area contributed by atoms with Crippen LogP contribution in [0.3, 0.4) is 0 Å². The minimum absolute atomic E-state index is 0.142. The van der Waals surface area contributed by atoms with Crippen LogP contribution in [0.4, 0.5) is 4.79 Å². The van der Waals surface area contributed by atoms with Crippen LogP contribution in [0.2, 0.25) is 0 Å². The minimum atomic E-state index is -0.466. The van der Waals surface area contributed by atoms with E-state index in [9.17, 15) is 4.79 Å². The zero-order valence-corrected chi connectivity index (χ0v) is 14.0. The third-order valence-electron chi connectivity index (χ3n) is 3.99. The number of nitrogens with zero attached hydrogens (tertiary/aromatic N) is 4. The number of piperidine rings is 1. The third kappa shape index (κ3) is 3.81. The zero-order chi connectivity index (χ0) is 16.4. The van der Waals surface area contributed by atoms with Gasteiger partial charge in [0.2, 0.25) is 5.78 Å². The fourth-order valence-corrected chi connectivity index (χ4v) is 2.99. The number of amides is 1. The van der Waals surface area contributed by atoms with Crippen LogP contribution in [0.15, 0.2) is 24.7 Å². The van der Waals surface area contributed by atoms with Crippen LogP contribution in [0.25, 0.3) is 5.78 Å². The van der Waals surface area contributed by atoms with Gasteiger partial charge < -0.3 is 9.64 Å². The summed E-state index contributed by atoms with van der Waals surface area (Å²) in [7, 11) is 0. The van der Waals surface area contributed by atoms with Crippen LogP contribution in [-0.2, 0) is 11.2 Å². The Morgan fingerprint density at radius 2 is 2.22 bits per heavy atom. The topological polar surface area (TPSA) is 59.7 Å². The molecule has 3 rings (SSSR count). The second kappa shape index (κ2) is 6.18. The number of rotatable bonds is 2. The van der Waals surface area contributed by atoms with Gasteiger partial charge in [0.05, 0.1) is 5.69 Å². The van der Waals surface area contributed by atoms with Crippen molar-refractivity contribution in [2.75, 3.05) is 6.54 Å². The van der Waals surface area contributed by atoms with E-state index < -0.39 is 5.60 Å². The van der Waals surface area contributed by atoms with Crippen LogP contribution in [0.5, 0.6) is 0 Å². The zero-order valence-electron chi connectivity index (χ0n) is 14.0. The van der Waals surface area contributed by atoms with Gasteiger partial charge in [-0.1, -0.05) is 0 Å². The molecule has 23 heavy (non-hydrogen) atoms. The SMILES string of the molecule is CC(C)(C)OC(=O)N1CCCC[C@H]1Cc1cn2cccnc2n1. The van der Waals surface area contributed by atoms with E-state index in [4.69, 9.17) is 4.74 Å². The van der Waals surface area contributed by atoms with Crippen molar-refractivity contribution >= 4 is 11.9 Å². The molecule has 1 amide bonds. The molecule has 0 radical (unpaired) electrons. The number of aromatic nitrogens is 3. The molecule has 0 aromatic carbocycles. The number of hydrogen-bond acceptors (Lipinski definition) is 4. The lowest BCUT2D eigenvalue weighted by atomic mass is 9.98. The first-order chi connectivity index (χ1) is 10.9. The molecule has 0 N–H and O–H groups in total. The second-order valence-electron chi connectivity index (χ2n) is 7.09. The number of imidazole rings is 1. The van der Waals surface area contributed by atoms with Gasteiger partial charge in [-0.05, 0) is 46.1 Å². The van der Waals surface area contributed by atoms with Gasteiger partial charge in [-0.2, -0.15) is 0 Å². The van der Waals surface area contributed by atoms with E-state index in [1.54, 1.807) is 6.20 Å². The predicted molar refractivity (Wildman–Crippen MR) is 87.3 cm³/mol. The molecule has 1 aliphatic rings. The molecule has 6 nitrogen and oxygen atoms in total. The summed E-state index contributed by atoms with van der Waals surface area (Å²) >= 11 is 0. The van der Waals surface area contributed by atoms with Crippen LogP contribution < -0.4 is 0 Å². The summed E-state index contributed by atoms with van der Waals surface area (Å²) in [6, 6.07) is 2.02. The van der Waals surface area contributed by atoms with Gasteiger partial charge in [0.1, 0.15) is 5.60 Å². The Kier molecular flexibility index (Phi) is 4.24.